The van der Waals surface area contributed by atoms with E-state index in [4.69, 9.17) is 14.7 Å². The van der Waals surface area contributed by atoms with Gasteiger partial charge < -0.3 is 25.2 Å². The van der Waals surface area contributed by atoms with E-state index >= 15 is 0 Å². The number of ether oxygens (including phenoxy) is 2. The molecular formula is C25H29N3O5. The van der Waals surface area contributed by atoms with Crippen LogP contribution in [0.5, 0.6) is 17.2 Å². The van der Waals surface area contributed by atoms with Crippen molar-refractivity contribution in [3.05, 3.63) is 48.0 Å². The van der Waals surface area contributed by atoms with Crippen LogP contribution in [0.1, 0.15) is 52.0 Å². The maximum absolute atomic E-state index is 12.8. The van der Waals surface area contributed by atoms with Crippen LogP contribution in [0.3, 0.4) is 0 Å². The zero-order valence-electron chi connectivity index (χ0n) is 19.1. The van der Waals surface area contributed by atoms with Gasteiger partial charge in [-0.15, -0.1) is 0 Å². The summed E-state index contributed by atoms with van der Waals surface area (Å²) < 4.78 is 11.0. The van der Waals surface area contributed by atoms with E-state index in [0.717, 1.165) is 0 Å². The van der Waals surface area contributed by atoms with Crippen LogP contribution in [0.4, 0.5) is 10.5 Å². The van der Waals surface area contributed by atoms with Crippen LogP contribution >= 0.6 is 0 Å². The van der Waals surface area contributed by atoms with Crippen molar-refractivity contribution in [1.29, 1.82) is 5.26 Å². The van der Waals surface area contributed by atoms with Gasteiger partial charge in [0, 0.05) is 35.8 Å². The summed E-state index contributed by atoms with van der Waals surface area (Å²) in [6.07, 6.45) is 2.21. The molecule has 2 amide bonds. The Morgan fingerprint density at radius 1 is 1.03 bits per heavy atom. The van der Waals surface area contributed by atoms with Crippen molar-refractivity contribution in [3.63, 3.8) is 0 Å². The van der Waals surface area contributed by atoms with Gasteiger partial charge in [-0.2, -0.15) is 5.26 Å². The first-order chi connectivity index (χ1) is 15.6. The van der Waals surface area contributed by atoms with Crippen molar-refractivity contribution < 1.29 is 24.2 Å². The minimum atomic E-state index is -0.551. The van der Waals surface area contributed by atoms with Gasteiger partial charge >= 0.3 is 6.09 Å². The molecular weight excluding hydrogens is 422 g/mol. The van der Waals surface area contributed by atoms with E-state index in [1.807, 2.05) is 26.8 Å². The number of aromatic hydroxyl groups is 1. The second-order valence-electron chi connectivity index (χ2n) is 9.14. The first-order valence-electron chi connectivity index (χ1n) is 10.9. The number of phenols is 1. The number of anilines is 1. The molecule has 3 N–H and O–H groups in total. The van der Waals surface area contributed by atoms with Gasteiger partial charge in [-0.3, -0.25) is 4.79 Å². The Kier molecular flexibility index (Phi) is 7.44. The number of nitrogens with zero attached hydrogens (tertiary/aromatic N) is 1. The maximum atomic E-state index is 12.8. The average Bonchev–Trinajstić information content (AvgIpc) is 2.73. The number of carbonyl (C=O) groups excluding carboxylic acids is 2. The van der Waals surface area contributed by atoms with Crippen LogP contribution in [-0.2, 0) is 9.53 Å². The van der Waals surface area contributed by atoms with Crippen molar-refractivity contribution in [1.82, 2.24) is 5.32 Å². The topological polar surface area (TPSA) is 121 Å². The highest BCUT2D eigenvalue weighted by Gasteiger charge is 2.28. The lowest BCUT2D eigenvalue weighted by Gasteiger charge is -2.29. The maximum Gasteiger partial charge on any atom is 0.407 e. The van der Waals surface area contributed by atoms with Gasteiger partial charge in [-0.05, 0) is 70.7 Å². The molecule has 0 bridgehead atoms. The van der Waals surface area contributed by atoms with Gasteiger partial charge in [0.2, 0.25) is 5.91 Å². The predicted octanol–water partition coefficient (Wildman–Crippen LogP) is 5.08. The van der Waals surface area contributed by atoms with Gasteiger partial charge in [0.25, 0.3) is 0 Å². The number of rotatable bonds is 5. The summed E-state index contributed by atoms with van der Waals surface area (Å²) in [5.74, 6) is 0.502. The fraction of sp³-hybridized carbons (Fsp3) is 0.400. The van der Waals surface area contributed by atoms with E-state index in [0.29, 0.717) is 48.4 Å². The summed E-state index contributed by atoms with van der Waals surface area (Å²) in [5, 5.41) is 24.7. The fourth-order valence-electron chi connectivity index (χ4n) is 3.67. The highest BCUT2D eigenvalue weighted by Crippen LogP contribution is 2.31. The zero-order valence-corrected chi connectivity index (χ0v) is 19.1. The second-order valence-corrected chi connectivity index (χ2v) is 9.14. The van der Waals surface area contributed by atoms with Crippen LogP contribution in [0.2, 0.25) is 0 Å². The average molecular weight is 452 g/mol. The molecule has 0 aliphatic heterocycles. The number of alkyl carbamates (subject to hydrolysis) is 1. The molecule has 0 aromatic heterocycles. The molecule has 1 saturated carbocycles. The quantitative estimate of drug-likeness (QED) is 0.583. The van der Waals surface area contributed by atoms with Crippen LogP contribution in [-0.4, -0.2) is 28.7 Å². The highest BCUT2D eigenvalue weighted by atomic mass is 16.6. The van der Waals surface area contributed by atoms with Crippen molar-refractivity contribution in [2.75, 3.05) is 5.32 Å². The summed E-state index contributed by atoms with van der Waals surface area (Å²) in [6, 6.07) is 13.1. The molecule has 0 unspecified atom stereocenters. The number of benzene rings is 2. The van der Waals surface area contributed by atoms with E-state index in [1.54, 1.807) is 30.3 Å². The number of carbonyl (C=O) groups is 2. The molecule has 2 aromatic carbocycles. The Bertz CT molecular complexity index is 1030. The standard InChI is InChI=1S/C25H29N3O5/c1-25(2,3)33-24(31)28-18-8-6-17(7-9-18)23(30)27-19-12-20(29)14-22(13-19)32-21-10-4-16(15-26)5-11-21/h4-5,10-14,17-18,29H,6-9H2,1-3H3,(H,27,30)(H,28,31). The third kappa shape index (κ3) is 7.42. The highest BCUT2D eigenvalue weighted by molar-refractivity contribution is 5.93. The molecule has 0 spiro atoms. The monoisotopic (exact) mass is 451 g/mol. The van der Waals surface area contributed by atoms with Crippen LogP contribution in [0, 0.1) is 17.2 Å². The molecule has 0 atom stereocenters. The first-order valence-corrected chi connectivity index (χ1v) is 10.9. The Labute approximate surface area is 193 Å². The molecule has 0 heterocycles. The molecule has 2 aromatic rings. The van der Waals surface area contributed by atoms with Crippen molar-refractivity contribution in [2.45, 2.75) is 58.1 Å². The lowest BCUT2D eigenvalue weighted by Crippen LogP contribution is -2.42. The normalized spacial score (nSPS) is 18.0. The molecule has 8 heteroatoms. The fourth-order valence-corrected chi connectivity index (χ4v) is 3.67. The summed E-state index contributed by atoms with van der Waals surface area (Å²) in [6.45, 7) is 5.45. The number of phenolic OH excluding ortho intramolecular Hbond substituents is 1. The molecule has 0 saturated heterocycles. The molecule has 8 nitrogen and oxygen atoms in total. The number of hydrogen-bond donors (Lipinski definition) is 3. The Balaban J connectivity index is 1.54. The number of nitriles is 1. The number of nitrogens with one attached hydrogen (secondary N) is 2. The van der Waals surface area contributed by atoms with Gasteiger partial charge in [0.1, 0.15) is 22.8 Å². The number of hydrogen-bond acceptors (Lipinski definition) is 6. The molecule has 33 heavy (non-hydrogen) atoms. The summed E-state index contributed by atoms with van der Waals surface area (Å²) in [7, 11) is 0. The Morgan fingerprint density at radius 3 is 2.30 bits per heavy atom. The summed E-state index contributed by atoms with van der Waals surface area (Å²) in [5.41, 5.74) is 0.394. The molecule has 174 valence electrons. The Hall–Kier alpha value is -3.73. The van der Waals surface area contributed by atoms with E-state index in [-0.39, 0.29) is 23.6 Å². The molecule has 1 fully saturated rings. The van der Waals surface area contributed by atoms with Gasteiger partial charge in [-0.25, -0.2) is 4.79 Å². The molecule has 1 aliphatic rings. The predicted molar refractivity (Wildman–Crippen MR) is 123 cm³/mol. The second kappa shape index (κ2) is 10.3. The van der Waals surface area contributed by atoms with Gasteiger partial charge in [0.15, 0.2) is 0 Å². The third-order valence-electron chi connectivity index (χ3n) is 5.20. The first kappa shape index (κ1) is 23.9. The van der Waals surface area contributed by atoms with Crippen LogP contribution in [0.25, 0.3) is 0 Å². The molecule has 3 rings (SSSR count). The largest absolute Gasteiger partial charge is 0.508 e. The van der Waals surface area contributed by atoms with E-state index in [1.165, 1.54) is 12.1 Å². The van der Waals surface area contributed by atoms with Crippen LogP contribution < -0.4 is 15.4 Å². The summed E-state index contributed by atoms with van der Waals surface area (Å²) >= 11 is 0. The van der Waals surface area contributed by atoms with E-state index in [9.17, 15) is 14.7 Å². The van der Waals surface area contributed by atoms with Crippen molar-refractivity contribution in [3.8, 4) is 23.3 Å². The molecule has 0 radical (unpaired) electrons. The van der Waals surface area contributed by atoms with Gasteiger partial charge in [0.05, 0.1) is 11.6 Å². The third-order valence-corrected chi connectivity index (χ3v) is 5.20. The van der Waals surface area contributed by atoms with E-state index < -0.39 is 11.7 Å². The minimum Gasteiger partial charge on any atom is -0.508 e. The molecule has 1 aliphatic carbocycles. The smallest absolute Gasteiger partial charge is 0.407 e. The van der Waals surface area contributed by atoms with E-state index in [2.05, 4.69) is 10.6 Å². The zero-order chi connectivity index (χ0) is 24.0. The lowest BCUT2D eigenvalue weighted by molar-refractivity contribution is -0.120. The van der Waals surface area contributed by atoms with Crippen LogP contribution in [0.15, 0.2) is 42.5 Å². The SMILES string of the molecule is CC(C)(C)OC(=O)NC1CCC(C(=O)Nc2cc(O)cc(Oc3ccc(C#N)cc3)c2)CC1. The van der Waals surface area contributed by atoms with Gasteiger partial charge in [-0.1, -0.05) is 0 Å². The minimum absolute atomic E-state index is 0.0166. The number of amides is 2. The van der Waals surface area contributed by atoms with Crippen molar-refractivity contribution in [2.24, 2.45) is 5.92 Å². The Morgan fingerprint density at radius 2 is 1.70 bits per heavy atom. The van der Waals surface area contributed by atoms with Crippen molar-refractivity contribution >= 4 is 17.7 Å². The lowest BCUT2D eigenvalue weighted by atomic mass is 9.85. The summed E-state index contributed by atoms with van der Waals surface area (Å²) in [4.78, 5) is 24.7.